The number of likely N-dealkylation sites (tertiary alicyclic amines) is 1. The van der Waals surface area contributed by atoms with Crippen molar-refractivity contribution in [3.8, 4) is 0 Å². The van der Waals surface area contributed by atoms with Gasteiger partial charge in [-0.15, -0.1) is 11.6 Å². The highest BCUT2D eigenvalue weighted by Crippen LogP contribution is 2.19. The van der Waals surface area contributed by atoms with E-state index in [9.17, 15) is 9.59 Å². The Morgan fingerprint density at radius 3 is 2.36 bits per heavy atom. The molecule has 0 spiro atoms. The van der Waals surface area contributed by atoms with Gasteiger partial charge in [0.15, 0.2) is 0 Å². The van der Waals surface area contributed by atoms with E-state index in [4.69, 9.17) is 11.6 Å². The van der Waals surface area contributed by atoms with Crippen LogP contribution in [-0.4, -0.2) is 29.1 Å². The lowest BCUT2D eigenvalue weighted by molar-refractivity contribution is -0.150. The first kappa shape index (κ1) is 11.5. The predicted molar refractivity (Wildman–Crippen MR) is 55.0 cm³/mol. The molecule has 1 aliphatic heterocycles. The molecule has 3 nitrogen and oxygen atoms in total. The van der Waals surface area contributed by atoms with Gasteiger partial charge in [-0.1, -0.05) is 13.8 Å². The number of carbonyl (C=O) groups is 2. The summed E-state index contributed by atoms with van der Waals surface area (Å²) in [5.74, 6) is 0.749. The van der Waals surface area contributed by atoms with E-state index in [0.717, 1.165) is 0 Å². The zero-order valence-corrected chi connectivity index (χ0v) is 9.38. The molecule has 1 saturated heterocycles. The Hall–Kier alpha value is -0.570. The van der Waals surface area contributed by atoms with Crippen molar-refractivity contribution in [2.75, 3.05) is 12.4 Å². The molecule has 0 aromatic rings. The van der Waals surface area contributed by atoms with E-state index in [0.29, 0.717) is 25.3 Å². The van der Waals surface area contributed by atoms with Gasteiger partial charge < -0.3 is 0 Å². The van der Waals surface area contributed by atoms with Crippen LogP contribution in [0.5, 0.6) is 0 Å². The maximum atomic E-state index is 11.5. The van der Waals surface area contributed by atoms with E-state index < -0.39 is 0 Å². The summed E-state index contributed by atoms with van der Waals surface area (Å²) >= 11 is 5.65. The summed E-state index contributed by atoms with van der Waals surface area (Å²) in [4.78, 5) is 24.4. The number of amides is 2. The third kappa shape index (κ3) is 2.71. The molecule has 0 N–H and O–H groups in total. The lowest BCUT2D eigenvalue weighted by Crippen LogP contribution is -2.45. The van der Waals surface area contributed by atoms with Crippen LogP contribution in [0.15, 0.2) is 0 Å². The lowest BCUT2D eigenvalue weighted by atomic mass is 9.97. The minimum absolute atomic E-state index is 0.0503. The Balaban J connectivity index is 2.59. The standard InChI is InChI=1S/C10H16ClNO2/c1-7-3-9(13)12(10(14)4-7)6-8(2)5-11/h7-8H,3-6H2,1-2H3. The van der Waals surface area contributed by atoms with Crippen molar-refractivity contribution in [3.05, 3.63) is 0 Å². The van der Waals surface area contributed by atoms with Crippen LogP contribution in [0, 0.1) is 11.8 Å². The first-order valence-electron chi connectivity index (χ1n) is 4.93. The van der Waals surface area contributed by atoms with E-state index in [1.807, 2.05) is 13.8 Å². The Labute approximate surface area is 89.4 Å². The summed E-state index contributed by atoms with van der Waals surface area (Å²) in [5.41, 5.74) is 0. The molecule has 1 unspecified atom stereocenters. The molecule has 0 aromatic heterocycles. The molecule has 0 aliphatic carbocycles. The summed E-state index contributed by atoms with van der Waals surface area (Å²) in [6.07, 6.45) is 0.974. The van der Waals surface area contributed by atoms with Crippen LogP contribution in [0.4, 0.5) is 0 Å². The van der Waals surface area contributed by atoms with Crippen molar-refractivity contribution < 1.29 is 9.59 Å². The number of carbonyl (C=O) groups excluding carboxylic acids is 2. The molecule has 1 heterocycles. The number of imide groups is 1. The largest absolute Gasteiger partial charge is 0.282 e. The SMILES string of the molecule is CC1CC(=O)N(CC(C)CCl)C(=O)C1. The highest BCUT2D eigenvalue weighted by Gasteiger charge is 2.30. The van der Waals surface area contributed by atoms with Crippen LogP contribution in [0.25, 0.3) is 0 Å². The fourth-order valence-corrected chi connectivity index (χ4v) is 1.69. The van der Waals surface area contributed by atoms with Gasteiger partial charge in [-0.25, -0.2) is 0 Å². The Bertz CT molecular complexity index is 224. The second-order valence-corrected chi connectivity index (χ2v) is 4.48. The topological polar surface area (TPSA) is 37.4 Å². The van der Waals surface area contributed by atoms with Crippen molar-refractivity contribution in [1.29, 1.82) is 0 Å². The van der Waals surface area contributed by atoms with Gasteiger partial charge in [0.05, 0.1) is 0 Å². The van der Waals surface area contributed by atoms with Crippen LogP contribution in [-0.2, 0) is 9.59 Å². The van der Waals surface area contributed by atoms with Gasteiger partial charge in [-0.2, -0.15) is 0 Å². The number of hydrogen-bond acceptors (Lipinski definition) is 2. The summed E-state index contributed by atoms with van der Waals surface area (Å²) < 4.78 is 0. The second-order valence-electron chi connectivity index (χ2n) is 4.17. The molecule has 4 heteroatoms. The normalized spacial score (nSPS) is 21.5. The maximum absolute atomic E-state index is 11.5. The first-order valence-corrected chi connectivity index (χ1v) is 5.47. The van der Waals surface area contributed by atoms with Crippen LogP contribution in [0.3, 0.4) is 0 Å². The first-order chi connectivity index (χ1) is 6.54. The lowest BCUT2D eigenvalue weighted by Gasteiger charge is -2.29. The molecule has 1 aliphatic rings. The van der Waals surface area contributed by atoms with Crippen molar-refractivity contribution in [2.24, 2.45) is 11.8 Å². The molecule has 1 fully saturated rings. The molecular weight excluding hydrogens is 202 g/mol. The zero-order valence-electron chi connectivity index (χ0n) is 8.62. The summed E-state index contributed by atoms with van der Waals surface area (Å²) in [6, 6.07) is 0. The van der Waals surface area contributed by atoms with E-state index in [1.165, 1.54) is 4.90 Å². The third-order valence-corrected chi connectivity index (χ3v) is 2.93. The average molecular weight is 218 g/mol. The Morgan fingerprint density at radius 1 is 1.43 bits per heavy atom. The number of nitrogens with zero attached hydrogens (tertiary/aromatic N) is 1. The molecule has 2 amide bonds. The fourth-order valence-electron chi connectivity index (χ4n) is 1.59. The molecular formula is C10H16ClNO2. The van der Waals surface area contributed by atoms with E-state index in [-0.39, 0.29) is 23.7 Å². The molecule has 0 radical (unpaired) electrons. The van der Waals surface area contributed by atoms with E-state index in [2.05, 4.69) is 0 Å². The van der Waals surface area contributed by atoms with Crippen molar-refractivity contribution in [2.45, 2.75) is 26.7 Å². The number of alkyl halides is 1. The van der Waals surface area contributed by atoms with Gasteiger partial charge in [0.2, 0.25) is 11.8 Å². The van der Waals surface area contributed by atoms with Gasteiger partial charge in [0.1, 0.15) is 0 Å². The van der Waals surface area contributed by atoms with Crippen LogP contribution < -0.4 is 0 Å². The minimum atomic E-state index is -0.0503. The number of rotatable bonds is 3. The Morgan fingerprint density at radius 2 is 1.93 bits per heavy atom. The summed E-state index contributed by atoms with van der Waals surface area (Å²) in [7, 11) is 0. The number of hydrogen-bond donors (Lipinski definition) is 0. The molecule has 0 bridgehead atoms. The van der Waals surface area contributed by atoms with Crippen LogP contribution >= 0.6 is 11.6 Å². The third-order valence-electron chi connectivity index (χ3n) is 2.41. The van der Waals surface area contributed by atoms with Crippen molar-refractivity contribution in [3.63, 3.8) is 0 Å². The van der Waals surface area contributed by atoms with E-state index in [1.54, 1.807) is 0 Å². The van der Waals surface area contributed by atoms with Gasteiger partial charge in [-0.3, -0.25) is 14.5 Å². The highest BCUT2D eigenvalue weighted by molar-refractivity contribution is 6.18. The Kier molecular flexibility index (Phi) is 3.93. The molecule has 1 atom stereocenters. The van der Waals surface area contributed by atoms with Crippen molar-refractivity contribution >= 4 is 23.4 Å². The van der Waals surface area contributed by atoms with Gasteiger partial charge >= 0.3 is 0 Å². The maximum Gasteiger partial charge on any atom is 0.229 e. The molecule has 1 rings (SSSR count). The van der Waals surface area contributed by atoms with Gasteiger partial charge in [0.25, 0.3) is 0 Å². The highest BCUT2D eigenvalue weighted by atomic mass is 35.5. The fraction of sp³-hybridized carbons (Fsp3) is 0.800. The quantitative estimate of drug-likeness (QED) is 0.533. The minimum Gasteiger partial charge on any atom is -0.282 e. The van der Waals surface area contributed by atoms with Crippen molar-refractivity contribution in [1.82, 2.24) is 4.90 Å². The molecule has 14 heavy (non-hydrogen) atoms. The molecule has 0 aromatic carbocycles. The zero-order chi connectivity index (χ0) is 10.7. The average Bonchev–Trinajstić information content (AvgIpc) is 2.10. The molecule has 80 valence electrons. The van der Waals surface area contributed by atoms with Gasteiger partial charge in [-0.05, 0) is 11.8 Å². The van der Waals surface area contributed by atoms with E-state index >= 15 is 0 Å². The summed E-state index contributed by atoms with van der Waals surface area (Å²) in [6.45, 7) is 4.33. The second kappa shape index (κ2) is 4.78. The number of piperidine rings is 1. The smallest absolute Gasteiger partial charge is 0.229 e. The predicted octanol–water partition coefficient (Wildman–Crippen LogP) is 1.65. The van der Waals surface area contributed by atoms with Crippen LogP contribution in [0.1, 0.15) is 26.7 Å². The van der Waals surface area contributed by atoms with Crippen LogP contribution in [0.2, 0.25) is 0 Å². The summed E-state index contributed by atoms with van der Waals surface area (Å²) in [5, 5.41) is 0. The number of halogens is 1. The monoisotopic (exact) mass is 217 g/mol. The molecule has 0 saturated carbocycles. The van der Waals surface area contributed by atoms with Gasteiger partial charge in [0, 0.05) is 25.3 Å².